The number of methoxy groups -OCH3 is 1. The van der Waals surface area contributed by atoms with Gasteiger partial charge in [0.2, 0.25) is 0 Å². The number of nitrogens with one attached hydrogen (secondary N) is 2. The second-order valence-corrected chi connectivity index (χ2v) is 6.73. The number of imidazole rings is 1. The highest BCUT2D eigenvalue weighted by molar-refractivity contribution is 5.49. The van der Waals surface area contributed by atoms with E-state index in [1.807, 2.05) is 18.5 Å². The summed E-state index contributed by atoms with van der Waals surface area (Å²) in [6.45, 7) is 3.34. The van der Waals surface area contributed by atoms with Crippen molar-refractivity contribution in [3.05, 3.63) is 36.0 Å². The van der Waals surface area contributed by atoms with E-state index in [0.29, 0.717) is 19.2 Å². The van der Waals surface area contributed by atoms with E-state index in [2.05, 4.69) is 50.2 Å². The van der Waals surface area contributed by atoms with Gasteiger partial charge in [0.25, 0.3) is 0 Å². The number of pyridine rings is 1. The predicted molar refractivity (Wildman–Crippen MR) is 99.8 cm³/mol. The van der Waals surface area contributed by atoms with E-state index in [1.54, 1.807) is 7.11 Å². The Morgan fingerprint density at radius 1 is 1.24 bits per heavy atom. The summed E-state index contributed by atoms with van der Waals surface area (Å²) < 4.78 is 5.06. The minimum Gasteiger partial charge on any atom is -0.377 e. The number of aromatic nitrogens is 3. The van der Waals surface area contributed by atoms with Crippen molar-refractivity contribution in [3.63, 3.8) is 0 Å². The SMILES string of the molecule is COCc1ncc(CNc2ccc(N3CCC(N(C)C)CC3)cn2)[nH]1. The van der Waals surface area contributed by atoms with Crippen molar-refractivity contribution in [2.24, 2.45) is 0 Å². The zero-order chi connectivity index (χ0) is 17.6. The number of piperidine rings is 1. The number of hydrogen-bond donors (Lipinski definition) is 2. The van der Waals surface area contributed by atoms with Crippen LogP contribution in [0.2, 0.25) is 0 Å². The zero-order valence-electron chi connectivity index (χ0n) is 15.3. The number of H-pyrrole nitrogens is 1. The molecule has 0 saturated carbocycles. The molecule has 3 heterocycles. The summed E-state index contributed by atoms with van der Waals surface area (Å²) >= 11 is 0. The molecule has 2 aromatic heterocycles. The second-order valence-electron chi connectivity index (χ2n) is 6.73. The van der Waals surface area contributed by atoms with Crippen LogP contribution in [-0.4, -0.2) is 60.2 Å². The Labute approximate surface area is 149 Å². The zero-order valence-corrected chi connectivity index (χ0v) is 15.3. The fourth-order valence-electron chi connectivity index (χ4n) is 3.21. The van der Waals surface area contributed by atoms with Crippen LogP contribution < -0.4 is 10.2 Å². The third-order valence-electron chi connectivity index (χ3n) is 4.73. The summed E-state index contributed by atoms with van der Waals surface area (Å²) in [6.07, 6.45) is 6.19. The van der Waals surface area contributed by atoms with Crippen LogP contribution in [0.4, 0.5) is 11.5 Å². The van der Waals surface area contributed by atoms with E-state index in [4.69, 9.17) is 4.74 Å². The molecule has 2 N–H and O–H groups in total. The predicted octanol–water partition coefficient (Wildman–Crippen LogP) is 2.09. The quantitative estimate of drug-likeness (QED) is 0.802. The van der Waals surface area contributed by atoms with Gasteiger partial charge in [-0.3, -0.25) is 0 Å². The Balaban J connectivity index is 1.50. The molecule has 0 radical (unpaired) electrons. The van der Waals surface area contributed by atoms with Crippen molar-refractivity contribution in [2.45, 2.75) is 32.0 Å². The lowest BCUT2D eigenvalue weighted by molar-refractivity contribution is 0.178. The van der Waals surface area contributed by atoms with Crippen LogP contribution in [0.15, 0.2) is 24.5 Å². The number of ether oxygens (including phenoxy) is 1. The van der Waals surface area contributed by atoms with Gasteiger partial charge in [0.05, 0.1) is 30.3 Å². The first-order valence-electron chi connectivity index (χ1n) is 8.78. The largest absolute Gasteiger partial charge is 0.377 e. The van der Waals surface area contributed by atoms with E-state index in [0.717, 1.165) is 30.4 Å². The third-order valence-corrected chi connectivity index (χ3v) is 4.73. The minimum absolute atomic E-state index is 0.497. The molecule has 0 amide bonds. The highest BCUT2D eigenvalue weighted by Gasteiger charge is 2.20. The first kappa shape index (κ1) is 17.7. The molecular weight excluding hydrogens is 316 g/mol. The number of rotatable bonds is 7. The van der Waals surface area contributed by atoms with Crippen LogP contribution in [0.5, 0.6) is 0 Å². The van der Waals surface area contributed by atoms with Crippen LogP contribution >= 0.6 is 0 Å². The van der Waals surface area contributed by atoms with Gasteiger partial charge in [0.15, 0.2) is 0 Å². The summed E-state index contributed by atoms with van der Waals surface area (Å²) in [5, 5.41) is 3.32. The molecule has 0 bridgehead atoms. The van der Waals surface area contributed by atoms with Gasteiger partial charge in [-0.1, -0.05) is 0 Å². The first-order chi connectivity index (χ1) is 12.2. The molecule has 1 aliphatic rings. The average Bonchev–Trinajstić information content (AvgIpc) is 3.08. The lowest BCUT2D eigenvalue weighted by Gasteiger charge is -2.36. The fraction of sp³-hybridized carbons (Fsp3) is 0.556. The Morgan fingerprint density at radius 3 is 2.68 bits per heavy atom. The second kappa shape index (κ2) is 8.31. The molecule has 2 aromatic rings. The van der Waals surface area contributed by atoms with E-state index in [-0.39, 0.29) is 0 Å². The van der Waals surface area contributed by atoms with Crippen LogP contribution in [0.3, 0.4) is 0 Å². The van der Waals surface area contributed by atoms with E-state index >= 15 is 0 Å². The Kier molecular flexibility index (Phi) is 5.88. The Morgan fingerprint density at radius 2 is 2.04 bits per heavy atom. The molecule has 1 saturated heterocycles. The summed E-state index contributed by atoms with van der Waals surface area (Å²) in [6, 6.07) is 4.89. The van der Waals surface area contributed by atoms with Crippen molar-refractivity contribution in [1.82, 2.24) is 19.9 Å². The van der Waals surface area contributed by atoms with Crippen LogP contribution in [-0.2, 0) is 17.9 Å². The maximum Gasteiger partial charge on any atom is 0.132 e. The number of aromatic amines is 1. The summed E-state index contributed by atoms with van der Waals surface area (Å²) in [5.74, 6) is 1.71. The van der Waals surface area contributed by atoms with Crippen molar-refractivity contribution < 1.29 is 4.74 Å². The summed E-state index contributed by atoms with van der Waals surface area (Å²) in [5.41, 5.74) is 2.22. The van der Waals surface area contributed by atoms with Gasteiger partial charge in [-0.2, -0.15) is 0 Å². The lowest BCUT2D eigenvalue weighted by atomic mass is 10.0. The highest BCUT2D eigenvalue weighted by Crippen LogP contribution is 2.22. The van der Waals surface area contributed by atoms with E-state index < -0.39 is 0 Å². The summed E-state index contributed by atoms with van der Waals surface area (Å²) in [7, 11) is 6.00. The van der Waals surface area contributed by atoms with Gasteiger partial charge in [-0.15, -0.1) is 0 Å². The highest BCUT2D eigenvalue weighted by atomic mass is 16.5. The minimum atomic E-state index is 0.497. The molecule has 7 nitrogen and oxygen atoms in total. The summed E-state index contributed by atoms with van der Waals surface area (Å²) in [4.78, 5) is 16.8. The van der Waals surface area contributed by atoms with Crippen molar-refractivity contribution in [3.8, 4) is 0 Å². The van der Waals surface area contributed by atoms with Crippen LogP contribution in [0.25, 0.3) is 0 Å². The van der Waals surface area contributed by atoms with Gasteiger partial charge in [0, 0.05) is 26.2 Å². The van der Waals surface area contributed by atoms with Gasteiger partial charge >= 0.3 is 0 Å². The molecule has 7 heteroatoms. The molecule has 0 atom stereocenters. The standard InChI is InChI=1S/C18H28N6O/c1-23(2)15-6-8-24(9-7-15)16-4-5-17(21-12-16)19-10-14-11-20-18(22-14)13-25-3/h4-5,11-12,15H,6-10,13H2,1-3H3,(H,19,21)(H,20,22). The fourth-order valence-corrected chi connectivity index (χ4v) is 3.21. The maximum absolute atomic E-state index is 5.06. The Bertz CT molecular complexity index is 646. The smallest absolute Gasteiger partial charge is 0.132 e. The molecule has 1 fully saturated rings. The molecule has 136 valence electrons. The normalized spacial score (nSPS) is 15.8. The molecule has 1 aliphatic heterocycles. The average molecular weight is 344 g/mol. The molecule has 3 rings (SSSR count). The molecule has 0 spiro atoms. The van der Waals surface area contributed by atoms with Crippen LogP contribution in [0, 0.1) is 0 Å². The maximum atomic E-state index is 5.06. The Hall–Kier alpha value is -2.12. The molecule has 0 unspecified atom stereocenters. The van der Waals surface area contributed by atoms with Gasteiger partial charge in [-0.05, 0) is 39.1 Å². The van der Waals surface area contributed by atoms with Crippen LogP contribution in [0.1, 0.15) is 24.4 Å². The van der Waals surface area contributed by atoms with Gasteiger partial charge < -0.3 is 24.8 Å². The molecule has 25 heavy (non-hydrogen) atoms. The number of nitrogens with zero attached hydrogens (tertiary/aromatic N) is 4. The first-order valence-corrected chi connectivity index (χ1v) is 8.78. The number of anilines is 2. The monoisotopic (exact) mass is 344 g/mol. The van der Waals surface area contributed by atoms with Crippen molar-refractivity contribution >= 4 is 11.5 Å². The van der Waals surface area contributed by atoms with Crippen molar-refractivity contribution in [1.29, 1.82) is 0 Å². The van der Waals surface area contributed by atoms with Crippen molar-refractivity contribution in [2.75, 3.05) is 44.5 Å². The topological polar surface area (TPSA) is 69.3 Å². The van der Waals surface area contributed by atoms with E-state index in [9.17, 15) is 0 Å². The third kappa shape index (κ3) is 4.70. The molecular formula is C18H28N6O. The molecule has 0 aliphatic carbocycles. The number of hydrogen-bond acceptors (Lipinski definition) is 6. The van der Waals surface area contributed by atoms with Gasteiger partial charge in [-0.25, -0.2) is 9.97 Å². The van der Waals surface area contributed by atoms with Gasteiger partial charge in [0.1, 0.15) is 18.2 Å². The molecule has 0 aromatic carbocycles. The lowest BCUT2D eigenvalue weighted by Crippen LogP contribution is -2.42. The van der Waals surface area contributed by atoms with E-state index in [1.165, 1.54) is 18.5 Å².